The summed E-state index contributed by atoms with van der Waals surface area (Å²) in [5, 5.41) is 3.52. The Labute approximate surface area is 176 Å². The third-order valence-electron chi connectivity index (χ3n) is 5.08. The number of halogens is 1. The third-order valence-corrected chi connectivity index (χ3v) is 5.33. The van der Waals surface area contributed by atoms with Crippen LogP contribution in [0.5, 0.6) is 0 Å². The number of hydrogen-bond donors (Lipinski definition) is 1. The molecule has 0 atom stereocenters. The number of rotatable bonds is 7. The van der Waals surface area contributed by atoms with Crippen LogP contribution < -0.4 is 10.2 Å². The van der Waals surface area contributed by atoms with Gasteiger partial charge in [-0.05, 0) is 56.0 Å². The van der Waals surface area contributed by atoms with Crippen molar-refractivity contribution in [1.82, 2.24) is 15.2 Å². The third kappa shape index (κ3) is 5.70. The second kappa shape index (κ2) is 10.3. The van der Waals surface area contributed by atoms with Crippen molar-refractivity contribution in [3.8, 4) is 0 Å². The van der Waals surface area contributed by atoms with Gasteiger partial charge in [0.05, 0.1) is 12.1 Å². The number of hydrogen-bond acceptors (Lipinski definition) is 4. The molecule has 2 heterocycles. The van der Waals surface area contributed by atoms with Crippen LogP contribution in [0.4, 0.5) is 5.82 Å². The van der Waals surface area contributed by atoms with Crippen LogP contribution in [0.25, 0.3) is 0 Å². The smallest absolute Gasteiger partial charge is 0.258 e. The van der Waals surface area contributed by atoms with E-state index >= 15 is 0 Å². The van der Waals surface area contributed by atoms with E-state index < -0.39 is 0 Å². The molecule has 2 aromatic rings. The Kier molecular flexibility index (Phi) is 7.47. The Hall–Kier alpha value is -2.60. The highest BCUT2D eigenvalue weighted by molar-refractivity contribution is 6.30. The zero-order valence-electron chi connectivity index (χ0n) is 16.7. The van der Waals surface area contributed by atoms with Crippen molar-refractivity contribution in [3.63, 3.8) is 0 Å². The van der Waals surface area contributed by atoms with Gasteiger partial charge in [-0.3, -0.25) is 9.59 Å². The zero-order valence-corrected chi connectivity index (χ0v) is 17.5. The van der Waals surface area contributed by atoms with Gasteiger partial charge >= 0.3 is 0 Å². The van der Waals surface area contributed by atoms with E-state index in [0.717, 1.165) is 37.3 Å². The van der Waals surface area contributed by atoms with Crippen LogP contribution in [-0.4, -0.2) is 47.9 Å². The highest BCUT2D eigenvalue weighted by Crippen LogP contribution is 2.23. The van der Waals surface area contributed by atoms with E-state index in [0.29, 0.717) is 23.7 Å². The summed E-state index contributed by atoms with van der Waals surface area (Å²) < 4.78 is 0. The molecule has 0 bridgehead atoms. The minimum Gasteiger partial charge on any atom is -0.356 e. The summed E-state index contributed by atoms with van der Waals surface area (Å²) in [5.41, 5.74) is 1.51. The van der Waals surface area contributed by atoms with Crippen molar-refractivity contribution in [2.75, 3.05) is 31.1 Å². The SMILES string of the molecule is CCN(CC(=O)NCc1ccc(Cl)cc1)C(=O)c1cccnc1N1CCCCC1. The zero-order chi connectivity index (χ0) is 20.6. The summed E-state index contributed by atoms with van der Waals surface area (Å²) in [4.78, 5) is 33.8. The van der Waals surface area contributed by atoms with Gasteiger partial charge in [0.25, 0.3) is 5.91 Å². The van der Waals surface area contributed by atoms with Crippen molar-refractivity contribution in [3.05, 3.63) is 58.7 Å². The predicted octanol–water partition coefficient (Wildman–Crippen LogP) is 3.50. The van der Waals surface area contributed by atoms with Crippen molar-refractivity contribution in [2.45, 2.75) is 32.7 Å². The molecule has 2 amide bonds. The first-order chi connectivity index (χ1) is 14.1. The molecule has 0 unspecified atom stereocenters. The van der Waals surface area contributed by atoms with Crippen LogP contribution in [0.3, 0.4) is 0 Å². The number of carbonyl (C=O) groups is 2. The molecular formula is C22H27ClN4O2. The van der Waals surface area contributed by atoms with Crippen LogP contribution in [0.15, 0.2) is 42.6 Å². The number of aromatic nitrogens is 1. The quantitative estimate of drug-likeness (QED) is 0.753. The van der Waals surface area contributed by atoms with Gasteiger partial charge in [-0.1, -0.05) is 23.7 Å². The second-order valence-corrected chi connectivity index (χ2v) is 7.58. The molecule has 154 valence electrons. The number of benzene rings is 1. The molecule has 1 N–H and O–H groups in total. The van der Waals surface area contributed by atoms with Gasteiger partial charge in [0, 0.05) is 37.4 Å². The van der Waals surface area contributed by atoms with E-state index in [-0.39, 0.29) is 18.4 Å². The highest BCUT2D eigenvalue weighted by atomic mass is 35.5. The minimum absolute atomic E-state index is 0.0112. The van der Waals surface area contributed by atoms with E-state index in [1.165, 1.54) is 6.42 Å². The lowest BCUT2D eigenvalue weighted by Gasteiger charge is -2.30. The van der Waals surface area contributed by atoms with Gasteiger partial charge in [-0.15, -0.1) is 0 Å². The van der Waals surface area contributed by atoms with Gasteiger partial charge in [0.15, 0.2) is 0 Å². The molecule has 1 aromatic carbocycles. The van der Waals surface area contributed by atoms with E-state index in [4.69, 9.17) is 11.6 Å². The monoisotopic (exact) mass is 414 g/mol. The number of likely N-dealkylation sites (N-methyl/N-ethyl adjacent to an activating group) is 1. The van der Waals surface area contributed by atoms with E-state index in [9.17, 15) is 9.59 Å². The summed E-state index contributed by atoms with van der Waals surface area (Å²) in [6.45, 7) is 4.55. The summed E-state index contributed by atoms with van der Waals surface area (Å²) >= 11 is 5.88. The molecule has 7 heteroatoms. The maximum Gasteiger partial charge on any atom is 0.258 e. The van der Waals surface area contributed by atoms with E-state index in [1.54, 1.807) is 35.4 Å². The molecule has 0 saturated carbocycles. The molecule has 1 aliphatic rings. The fourth-order valence-corrected chi connectivity index (χ4v) is 3.58. The highest BCUT2D eigenvalue weighted by Gasteiger charge is 2.24. The first-order valence-electron chi connectivity index (χ1n) is 10.1. The number of amides is 2. The van der Waals surface area contributed by atoms with Crippen LogP contribution in [-0.2, 0) is 11.3 Å². The lowest BCUT2D eigenvalue weighted by molar-refractivity contribution is -0.121. The Balaban J connectivity index is 1.64. The Morgan fingerprint density at radius 2 is 1.86 bits per heavy atom. The summed E-state index contributed by atoms with van der Waals surface area (Å²) in [7, 11) is 0. The molecule has 3 rings (SSSR count). The van der Waals surface area contributed by atoms with Crippen LogP contribution in [0, 0.1) is 0 Å². The number of carbonyl (C=O) groups excluding carboxylic acids is 2. The average molecular weight is 415 g/mol. The maximum absolute atomic E-state index is 13.2. The fraction of sp³-hybridized carbons (Fsp3) is 0.409. The van der Waals surface area contributed by atoms with Crippen LogP contribution in [0.2, 0.25) is 5.02 Å². The van der Waals surface area contributed by atoms with E-state index in [2.05, 4.69) is 15.2 Å². The molecular weight excluding hydrogens is 388 g/mol. The molecule has 6 nitrogen and oxygen atoms in total. The Bertz CT molecular complexity index is 835. The molecule has 1 aliphatic heterocycles. The summed E-state index contributed by atoms with van der Waals surface area (Å²) in [5.74, 6) is 0.360. The molecule has 0 aliphatic carbocycles. The van der Waals surface area contributed by atoms with Crippen LogP contribution in [0.1, 0.15) is 42.1 Å². The lowest BCUT2D eigenvalue weighted by atomic mass is 10.1. The Morgan fingerprint density at radius 3 is 2.55 bits per heavy atom. The summed E-state index contributed by atoms with van der Waals surface area (Å²) in [6, 6.07) is 10.9. The lowest BCUT2D eigenvalue weighted by Crippen LogP contribution is -2.41. The number of piperidine rings is 1. The van der Waals surface area contributed by atoms with Gasteiger partial charge in [-0.2, -0.15) is 0 Å². The molecule has 0 spiro atoms. The molecule has 1 fully saturated rings. The standard InChI is InChI=1S/C22H27ClN4O2/c1-2-26(16-20(28)25-15-17-8-10-18(23)11-9-17)22(29)19-7-6-12-24-21(19)27-13-4-3-5-14-27/h6-12H,2-5,13-16H2,1H3,(H,25,28). The molecule has 1 aromatic heterocycles. The van der Waals surface area contributed by atoms with Gasteiger partial charge in [0.2, 0.25) is 5.91 Å². The van der Waals surface area contributed by atoms with Crippen molar-refractivity contribution in [2.24, 2.45) is 0 Å². The Morgan fingerprint density at radius 1 is 1.14 bits per heavy atom. The topological polar surface area (TPSA) is 65.5 Å². The average Bonchev–Trinajstić information content (AvgIpc) is 2.77. The first kappa shape index (κ1) is 21.1. The number of nitrogens with one attached hydrogen (secondary N) is 1. The fourth-order valence-electron chi connectivity index (χ4n) is 3.45. The molecule has 29 heavy (non-hydrogen) atoms. The van der Waals surface area contributed by atoms with Gasteiger partial charge < -0.3 is 15.1 Å². The minimum atomic E-state index is -0.196. The maximum atomic E-state index is 13.2. The summed E-state index contributed by atoms with van der Waals surface area (Å²) in [6.07, 6.45) is 5.14. The van der Waals surface area contributed by atoms with E-state index in [1.807, 2.05) is 19.1 Å². The van der Waals surface area contributed by atoms with Gasteiger partial charge in [-0.25, -0.2) is 4.98 Å². The first-order valence-corrected chi connectivity index (χ1v) is 10.5. The van der Waals surface area contributed by atoms with Crippen LogP contribution >= 0.6 is 11.6 Å². The predicted molar refractivity (Wildman–Crippen MR) is 115 cm³/mol. The largest absolute Gasteiger partial charge is 0.356 e. The molecule has 1 saturated heterocycles. The van der Waals surface area contributed by atoms with Crippen molar-refractivity contribution in [1.29, 1.82) is 0 Å². The molecule has 0 radical (unpaired) electrons. The number of nitrogens with zero attached hydrogens (tertiary/aromatic N) is 3. The van der Waals surface area contributed by atoms with Crippen molar-refractivity contribution >= 4 is 29.2 Å². The number of pyridine rings is 1. The van der Waals surface area contributed by atoms with Crippen molar-refractivity contribution < 1.29 is 9.59 Å². The second-order valence-electron chi connectivity index (χ2n) is 7.14. The number of anilines is 1. The normalized spacial score (nSPS) is 13.8. The van der Waals surface area contributed by atoms with Gasteiger partial charge in [0.1, 0.15) is 5.82 Å².